The van der Waals surface area contributed by atoms with E-state index < -0.39 is 0 Å². The fourth-order valence-electron chi connectivity index (χ4n) is 3.23. The number of pyridine rings is 1. The van der Waals surface area contributed by atoms with E-state index in [1.807, 2.05) is 30.3 Å². The van der Waals surface area contributed by atoms with Crippen LogP contribution in [0.15, 0.2) is 59.2 Å². The molecule has 0 radical (unpaired) electrons. The number of nitrogens with zero attached hydrogens (tertiary/aromatic N) is 2. The van der Waals surface area contributed by atoms with Crippen molar-refractivity contribution in [2.45, 2.75) is 12.8 Å². The van der Waals surface area contributed by atoms with Gasteiger partial charge in [-0.15, -0.1) is 0 Å². The second-order valence-corrected chi connectivity index (χ2v) is 7.44. The average molecular weight is 438 g/mol. The molecule has 28 heavy (non-hydrogen) atoms. The summed E-state index contributed by atoms with van der Waals surface area (Å²) < 4.78 is 0.748. The number of halogens is 1. The van der Waals surface area contributed by atoms with Crippen LogP contribution >= 0.6 is 15.9 Å². The number of benzene rings is 2. The van der Waals surface area contributed by atoms with Crippen LogP contribution in [0.1, 0.15) is 33.6 Å². The highest BCUT2D eigenvalue weighted by molar-refractivity contribution is 9.10. The Morgan fingerprint density at radius 3 is 2.68 bits per heavy atom. The first-order valence-corrected chi connectivity index (χ1v) is 9.62. The summed E-state index contributed by atoms with van der Waals surface area (Å²) in [7, 11) is 0. The molecule has 1 aromatic heterocycles. The number of fused-ring (bicyclic) bond motifs is 2. The van der Waals surface area contributed by atoms with Gasteiger partial charge < -0.3 is 5.32 Å². The van der Waals surface area contributed by atoms with Gasteiger partial charge in [0.25, 0.3) is 11.8 Å². The molecule has 0 fully saturated rings. The molecule has 2 aromatic carbocycles. The number of amides is 3. The van der Waals surface area contributed by atoms with Crippen LogP contribution in [0.25, 0.3) is 10.9 Å². The Balaban J connectivity index is 1.34. The lowest BCUT2D eigenvalue weighted by Gasteiger charge is -2.13. The Labute approximate surface area is 169 Å². The molecule has 0 spiro atoms. The third kappa shape index (κ3) is 3.53. The molecule has 4 rings (SSSR count). The molecule has 7 heteroatoms. The molecule has 0 bridgehead atoms. The summed E-state index contributed by atoms with van der Waals surface area (Å²) in [5, 5.41) is 3.75. The van der Waals surface area contributed by atoms with Crippen LogP contribution in [0.3, 0.4) is 0 Å². The zero-order chi connectivity index (χ0) is 19.7. The average Bonchev–Trinajstić information content (AvgIpc) is 2.92. The summed E-state index contributed by atoms with van der Waals surface area (Å²) in [5.74, 6) is -0.816. The summed E-state index contributed by atoms with van der Waals surface area (Å²) >= 11 is 3.31. The Morgan fingerprint density at radius 1 is 1.04 bits per heavy atom. The van der Waals surface area contributed by atoms with E-state index in [2.05, 4.69) is 26.2 Å². The van der Waals surface area contributed by atoms with Crippen LogP contribution in [-0.4, -0.2) is 34.2 Å². The Kier molecular flexibility index (Phi) is 4.92. The van der Waals surface area contributed by atoms with E-state index in [0.29, 0.717) is 23.2 Å². The number of aromatic nitrogens is 1. The van der Waals surface area contributed by atoms with Gasteiger partial charge in [0.1, 0.15) is 0 Å². The number of hydrogen-bond donors (Lipinski definition) is 1. The minimum Gasteiger partial charge on any atom is -0.325 e. The van der Waals surface area contributed by atoms with Crippen molar-refractivity contribution in [1.29, 1.82) is 0 Å². The monoisotopic (exact) mass is 437 g/mol. The maximum atomic E-state index is 12.4. The SMILES string of the molecule is O=C(CCCN1C(=O)c2ccc(Br)cc2C1=O)Nc1cnc2ccccc2c1. The van der Waals surface area contributed by atoms with E-state index in [9.17, 15) is 14.4 Å². The van der Waals surface area contributed by atoms with Crippen LogP contribution in [0, 0.1) is 0 Å². The second-order valence-electron chi connectivity index (χ2n) is 6.52. The number of rotatable bonds is 5. The summed E-state index contributed by atoms with van der Waals surface area (Å²) in [6.07, 6.45) is 2.20. The Morgan fingerprint density at radius 2 is 1.82 bits per heavy atom. The molecule has 0 aliphatic carbocycles. The molecule has 1 aliphatic heterocycles. The van der Waals surface area contributed by atoms with Crippen molar-refractivity contribution < 1.29 is 14.4 Å². The molecule has 3 aromatic rings. The van der Waals surface area contributed by atoms with Gasteiger partial charge in [-0.3, -0.25) is 24.3 Å². The fraction of sp³-hybridized carbons (Fsp3) is 0.143. The van der Waals surface area contributed by atoms with Crippen molar-refractivity contribution in [3.63, 3.8) is 0 Å². The molecule has 1 aliphatic rings. The van der Waals surface area contributed by atoms with Crippen LogP contribution in [0.5, 0.6) is 0 Å². The minimum absolute atomic E-state index is 0.184. The highest BCUT2D eigenvalue weighted by Crippen LogP contribution is 2.26. The Hall–Kier alpha value is -3.06. The molecule has 140 valence electrons. The third-order valence-electron chi connectivity index (χ3n) is 4.59. The maximum absolute atomic E-state index is 12.4. The van der Waals surface area contributed by atoms with Crippen LogP contribution in [-0.2, 0) is 4.79 Å². The van der Waals surface area contributed by atoms with Crippen LogP contribution in [0.4, 0.5) is 5.69 Å². The number of imide groups is 1. The van der Waals surface area contributed by atoms with E-state index in [4.69, 9.17) is 0 Å². The van der Waals surface area contributed by atoms with Gasteiger partial charge in [-0.1, -0.05) is 34.1 Å². The second kappa shape index (κ2) is 7.52. The number of hydrogen-bond acceptors (Lipinski definition) is 4. The first-order valence-electron chi connectivity index (χ1n) is 8.83. The Bertz CT molecular complexity index is 1110. The maximum Gasteiger partial charge on any atom is 0.261 e. The third-order valence-corrected chi connectivity index (χ3v) is 5.09. The van der Waals surface area contributed by atoms with Gasteiger partial charge in [0.2, 0.25) is 5.91 Å². The van der Waals surface area contributed by atoms with Gasteiger partial charge in [0.15, 0.2) is 0 Å². The standard InChI is InChI=1S/C21H16BrN3O3/c22-14-7-8-16-17(11-14)21(28)25(20(16)27)9-3-6-19(26)24-15-10-13-4-1-2-5-18(13)23-12-15/h1-2,4-5,7-8,10-12H,3,6,9H2,(H,24,26). The molecule has 0 saturated carbocycles. The first-order chi connectivity index (χ1) is 13.5. The summed E-state index contributed by atoms with van der Waals surface area (Å²) in [5.41, 5.74) is 2.28. The van der Waals surface area contributed by atoms with Crippen molar-refractivity contribution in [1.82, 2.24) is 9.88 Å². The number of carbonyl (C=O) groups excluding carboxylic acids is 3. The quantitative estimate of drug-likeness (QED) is 0.611. The molecule has 6 nitrogen and oxygen atoms in total. The molecule has 0 unspecified atom stereocenters. The predicted molar refractivity (Wildman–Crippen MR) is 109 cm³/mol. The highest BCUT2D eigenvalue weighted by atomic mass is 79.9. The molecule has 0 atom stereocenters. The van der Waals surface area contributed by atoms with Gasteiger partial charge in [0.05, 0.1) is 28.5 Å². The lowest BCUT2D eigenvalue weighted by atomic mass is 10.1. The van der Waals surface area contributed by atoms with Gasteiger partial charge in [0, 0.05) is 22.8 Å². The van der Waals surface area contributed by atoms with Gasteiger partial charge >= 0.3 is 0 Å². The number of para-hydroxylation sites is 1. The van der Waals surface area contributed by atoms with E-state index in [1.165, 1.54) is 4.90 Å². The molecular weight excluding hydrogens is 422 g/mol. The predicted octanol–water partition coefficient (Wildman–Crippen LogP) is 4.01. The van der Waals surface area contributed by atoms with Crippen LogP contribution in [0.2, 0.25) is 0 Å². The lowest BCUT2D eigenvalue weighted by molar-refractivity contribution is -0.116. The first kappa shape index (κ1) is 18.3. The normalized spacial score (nSPS) is 13.1. The molecule has 0 saturated heterocycles. The van der Waals surface area contributed by atoms with Gasteiger partial charge in [-0.25, -0.2) is 0 Å². The summed E-state index contributed by atoms with van der Waals surface area (Å²) in [6, 6.07) is 14.5. The topological polar surface area (TPSA) is 79.4 Å². The van der Waals surface area contributed by atoms with Crippen molar-refractivity contribution >= 4 is 50.2 Å². The summed E-state index contributed by atoms with van der Waals surface area (Å²) in [6.45, 7) is 0.202. The van der Waals surface area contributed by atoms with Crippen molar-refractivity contribution in [2.24, 2.45) is 0 Å². The fourth-order valence-corrected chi connectivity index (χ4v) is 3.59. The zero-order valence-electron chi connectivity index (χ0n) is 14.8. The van der Waals surface area contributed by atoms with E-state index in [1.54, 1.807) is 24.4 Å². The zero-order valence-corrected chi connectivity index (χ0v) is 16.4. The highest BCUT2D eigenvalue weighted by Gasteiger charge is 2.35. The van der Waals surface area contributed by atoms with Gasteiger partial charge in [-0.05, 0) is 36.8 Å². The summed E-state index contributed by atoms with van der Waals surface area (Å²) in [4.78, 5) is 42.5. The smallest absolute Gasteiger partial charge is 0.261 e. The molecule has 1 N–H and O–H groups in total. The van der Waals surface area contributed by atoms with Crippen molar-refractivity contribution in [3.05, 3.63) is 70.3 Å². The number of anilines is 1. The van der Waals surface area contributed by atoms with E-state index >= 15 is 0 Å². The van der Waals surface area contributed by atoms with Crippen molar-refractivity contribution in [3.8, 4) is 0 Å². The molecular formula is C21H16BrN3O3. The van der Waals surface area contributed by atoms with E-state index in [-0.39, 0.29) is 30.7 Å². The lowest BCUT2D eigenvalue weighted by Crippen LogP contribution is -2.31. The largest absolute Gasteiger partial charge is 0.325 e. The van der Waals surface area contributed by atoms with Crippen LogP contribution < -0.4 is 5.32 Å². The van der Waals surface area contributed by atoms with Crippen molar-refractivity contribution in [2.75, 3.05) is 11.9 Å². The number of nitrogens with one attached hydrogen (secondary N) is 1. The molecule has 2 heterocycles. The number of carbonyl (C=O) groups is 3. The van der Waals surface area contributed by atoms with Gasteiger partial charge in [-0.2, -0.15) is 0 Å². The minimum atomic E-state index is -0.319. The van der Waals surface area contributed by atoms with E-state index in [0.717, 1.165) is 15.4 Å². The molecule has 3 amide bonds.